The third-order valence-corrected chi connectivity index (χ3v) is 5.13. The molecule has 0 fully saturated rings. The molecule has 9 heteroatoms. The van der Waals surface area contributed by atoms with Gasteiger partial charge in [-0.1, -0.05) is 36.4 Å². The summed E-state index contributed by atoms with van der Waals surface area (Å²) in [5.74, 6) is -1.41. The molecule has 0 aliphatic carbocycles. The van der Waals surface area contributed by atoms with Crippen LogP contribution in [0.25, 0.3) is 16.6 Å². The van der Waals surface area contributed by atoms with E-state index in [0.29, 0.717) is 6.54 Å². The van der Waals surface area contributed by atoms with E-state index in [2.05, 4.69) is 15.7 Å². The number of carbonyl (C=O) groups is 3. The lowest BCUT2D eigenvalue weighted by atomic mass is 10.2. The Balaban J connectivity index is 1.73. The van der Waals surface area contributed by atoms with E-state index in [1.165, 1.54) is 20.0 Å². The predicted octanol–water partition coefficient (Wildman–Crippen LogP) is 3.06. The highest BCUT2D eigenvalue weighted by Gasteiger charge is 2.18. The number of nitrogens with zero attached hydrogens (tertiary/aromatic N) is 2. The van der Waals surface area contributed by atoms with Crippen LogP contribution in [-0.2, 0) is 20.9 Å². The van der Waals surface area contributed by atoms with Crippen LogP contribution in [-0.4, -0.2) is 40.8 Å². The van der Waals surface area contributed by atoms with Crippen LogP contribution in [0.2, 0.25) is 0 Å². The number of imide groups is 1. The first kappa shape index (κ1) is 22.0. The van der Waals surface area contributed by atoms with E-state index in [1.54, 1.807) is 17.4 Å². The van der Waals surface area contributed by atoms with Crippen LogP contribution in [0.1, 0.15) is 18.1 Å². The maximum atomic E-state index is 12.2. The van der Waals surface area contributed by atoms with Crippen molar-refractivity contribution in [2.24, 2.45) is 0 Å². The molecule has 8 nitrogen and oxygen atoms in total. The normalized spacial score (nSPS) is 11.8. The van der Waals surface area contributed by atoms with Crippen LogP contribution < -0.4 is 10.6 Å². The summed E-state index contributed by atoms with van der Waals surface area (Å²) in [6.07, 6.45) is 3.58. The number of esters is 1. The van der Waals surface area contributed by atoms with E-state index < -0.39 is 24.0 Å². The molecule has 1 atom stereocenters. The first-order chi connectivity index (χ1) is 15.0. The van der Waals surface area contributed by atoms with Gasteiger partial charge in [-0.3, -0.25) is 14.8 Å². The Morgan fingerprint density at radius 2 is 1.97 bits per heavy atom. The van der Waals surface area contributed by atoms with E-state index in [4.69, 9.17) is 4.74 Å². The molecule has 1 unspecified atom stereocenters. The number of ether oxygens (including phenoxy) is 1. The summed E-state index contributed by atoms with van der Waals surface area (Å²) in [5.41, 5.74) is 2.60. The number of aromatic nitrogens is 2. The number of nitrogens with one attached hydrogen (secondary N) is 2. The topological polar surface area (TPSA) is 102 Å². The minimum Gasteiger partial charge on any atom is -0.449 e. The summed E-state index contributed by atoms with van der Waals surface area (Å²) in [5, 5.41) is 10.9. The van der Waals surface area contributed by atoms with Crippen molar-refractivity contribution in [3.8, 4) is 10.6 Å². The van der Waals surface area contributed by atoms with Crippen LogP contribution in [0.5, 0.6) is 0 Å². The van der Waals surface area contributed by atoms with Gasteiger partial charge in [0.15, 0.2) is 6.10 Å². The summed E-state index contributed by atoms with van der Waals surface area (Å²) in [6.45, 7) is 1.98. The summed E-state index contributed by atoms with van der Waals surface area (Å²) in [7, 11) is 1.38. The van der Waals surface area contributed by atoms with Crippen molar-refractivity contribution in [1.29, 1.82) is 0 Å². The van der Waals surface area contributed by atoms with Gasteiger partial charge >= 0.3 is 12.0 Å². The second-order valence-electron chi connectivity index (χ2n) is 6.57. The van der Waals surface area contributed by atoms with Crippen molar-refractivity contribution in [2.75, 3.05) is 7.05 Å². The standard InChI is InChI=1S/C22H22N4O4S/c1-15(21(28)24-22(29)23-2)30-19(27)11-10-17-14-26(13-16-7-4-3-5-8-16)25-20(17)18-9-6-12-31-18/h3-12,14-15H,13H2,1-2H3,(H2,23,24,28,29)/b11-10+. The number of thiophene rings is 1. The fraction of sp³-hybridized carbons (Fsp3) is 0.182. The minimum absolute atomic E-state index is 0.591. The number of hydrogen-bond acceptors (Lipinski definition) is 6. The van der Waals surface area contributed by atoms with Crippen molar-refractivity contribution in [1.82, 2.24) is 20.4 Å². The molecule has 0 radical (unpaired) electrons. The Morgan fingerprint density at radius 3 is 2.65 bits per heavy atom. The van der Waals surface area contributed by atoms with Gasteiger partial charge in [0.25, 0.3) is 5.91 Å². The Bertz CT molecular complexity index is 1070. The zero-order chi connectivity index (χ0) is 22.2. The van der Waals surface area contributed by atoms with Gasteiger partial charge in [-0.25, -0.2) is 9.59 Å². The van der Waals surface area contributed by atoms with Gasteiger partial charge in [-0.15, -0.1) is 11.3 Å². The summed E-state index contributed by atoms with van der Waals surface area (Å²) >= 11 is 1.55. The van der Waals surface area contributed by atoms with Crippen molar-refractivity contribution < 1.29 is 19.1 Å². The van der Waals surface area contributed by atoms with Gasteiger partial charge in [-0.2, -0.15) is 5.10 Å². The van der Waals surface area contributed by atoms with Gasteiger partial charge in [0.05, 0.1) is 11.4 Å². The third kappa shape index (κ3) is 6.13. The zero-order valence-corrected chi connectivity index (χ0v) is 17.9. The van der Waals surface area contributed by atoms with Crippen LogP contribution >= 0.6 is 11.3 Å². The Labute approximate surface area is 183 Å². The molecule has 2 aromatic heterocycles. The van der Waals surface area contributed by atoms with Gasteiger partial charge in [-0.05, 0) is 30.0 Å². The fourth-order valence-electron chi connectivity index (χ4n) is 2.72. The van der Waals surface area contributed by atoms with Gasteiger partial charge < -0.3 is 10.1 Å². The van der Waals surface area contributed by atoms with E-state index >= 15 is 0 Å². The smallest absolute Gasteiger partial charge is 0.331 e. The van der Waals surface area contributed by atoms with Crippen molar-refractivity contribution in [3.05, 3.63) is 71.2 Å². The molecule has 2 N–H and O–H groups in total. The van der Waals surface area contributed by atoms with Crippen molar-refractivity contribution >= 4 is 35.3 Å². The second kappa shape index (κ2) is 10.4. The number of benzene rings is 1. The molecule has 0 saturated carbocycles. The average Bonchev–Trinajstić information content (AvgIpc) is 3.42. The molecule has 0 aliphatic rings. The van der Waals surface area contributed by atoms with Crippen molar-refractivity contribution in [2.45, 2.75) is 19.6 Å². The van der Waals surface area contributed by atoms with Crippen LogP contribution in [0.15, 0.2) is 60.1 Å². The molecule has 3 rings (SSSR count). The van der Waals surface area contributed by atoms with E-state index in [1.807, 2.05) is 58.7 Å². The fourth-order valence-corrected chi connectivity index (χ4v) is 3.45. The summed E-state index contributed by atoms with van der Waals surface area (Å²) < 4.78 is 6.88. The average molecular weight is 439 g/mol. The predicted molar refractivity (Wildman–Crippen MR) is 118 cm³/mol. The maximum Gasteiger partial charge on any atom is 0.331 e. The molecule has 160 valence electrons. The molecule has 0 bridgehead atoms. The molecular formula is C22H22N4O4S. The van der Waals surface area contributed by atoms with Gasteiger partial charge in [0, 0.05) is 24.9 Å². The Kier molecular flexibility index (Phi) is 7.34. The number of carbonyl (C=O) groups excluding carboxylic acids is 3. The summed E-state index contributed by atoms with van der Waals surface area (Å²) in [4.78, 5) is 36.2. The van der Waals surface area contributed by atoms with E-state index in [0.717, 1.165) is 21.7 Å². The van der Waals surface area contributed by atoms with E-state index in [9.17, 15) is 14.4 Å². The number of rotatable bonds is 7. The van der Waals surface area contributed by atoms with Crippen LogP contribution in [0.3, 0.4) is 0 Å². The highest BCUT2D eigenvalue weighted by atomic mass is 32.1. The maximum absolute atomic E-state index is 12.2. The van der Waals surface area contributed by atoms with Crippen LogP contribution in [0, 0.1) is 0 Å². The Morgan fingerprint density at radius 1 is 1.19 bits per heavy atom. The molecule has 3 amide bonds. The zero-order valence-electron chi connectivity index (χ0n) is 17.1. The Hall–Kier alpha value is -3.72. The molecular weight excluding hydrogens is 416 g/mol. The number of hydrogen-bond donors (Lipinski definition) is 2. The summed E-state index contributed by atoms with van der Waals surface area (Å²) in [6, 6.07) is 13.2. The lowest BCUT2D eigenvalue weighted by molar-refractivity contribution is -0.149. The number of urea groups is 1. The first-order valence-electron chi connectivity index (χ1n) is 9.53. The lowest BCUT2D eigenvalue weighted by Crippen LogP contribution is -2.43. The monoisotopic (exact) mass is 438 g/mol. The molecule has 0 spiro atoms. The lowest BCUT2D eigenvalue weighted by Gasteiger charge is -2.11. The molecule has 3 aromatic rings. The molecule has 31 heavy (non-hydrogen) atoms. The quantitative estimate of drug-likeness (QED) is 0.436. The van der Waals surface area contributed by atoms with E-state index in [-0.39, 0.29) is 0 Å². The van der Waals surface area contributed by atoms with Crippen molar-refractivity contribution in [3.63, 3.8) is 0 Å². The number of amides is 3. The second-order valence-corrected chi connectivity index (χ2v) is 7.52. The van der Waals surface area contributed by atoms with Gasteiger partial charge in [0.1, 0.15) is 5.69 Å². The van der Waals surface area contributed by atoms with Crippen LogP contribution in [0.4, 0.5) is 4.79 Å². The minimum atomic E-state index is -1.12. The molecule has 0 saturated heterocycles. The highest BCUT2D eigenvalue weighted by Crippen LogP contribution is 2.27. The molecule has 2 heterocycles. The first-order valence-corrected chi connectivity index (χ1v) is 10.4. The third-order valence-electron chi connectivity index (χ3n) is 4.26. The molecule has 0 aliphatic heterocycles. The van der Waals surface area contributed by atoms with Gasteiger partial charge in [0.2, 0.25) is 0 Å². The highest BCUT2D eigenvalue weighted by molar-refractivity contribution is 7.13. The molecule has 1 aromatic carbocycles. The SMILES string of the molecule is CNC(=O)NC(=O)C(C)OC(=O)/C=C/c1cn(Cc2ccccc2)nc1-c1cccs1. The largest absolute Gasteiger partial charge is 0.449 e.